The van der Waals surface area contributed by atoms with Gasteiger partial charge >= 0.3 is 0 Å². The largest absolute Gasteiger partial charge is 0.309 e. The second kappa shape index (κ2) is 7.37. The van der Waals surface area contributed by atoms with Gasteiger partial charge in [-0.25, -0.2) is 0 Å². The van der Waals surface area contributed by atoms with Gasteiger partial charge in [-0.2, -0.15) is 0 Å². The fourth-order valence-electron chi connectivity index (χ4n) is 7.12. The molecule has 2 heterocycles. The molecule has 9 rings (SSSR count). The normalized spacial score (nSPS) is 14.1. The molecule has 1 aliphatic rings. The highest BCUT2D eigenvalue weighted by Gasteiger charge is 2.36. The van der Waals surface area contributed by atoms with E-state index in [1.54, 1.807) is 0 Å². The van der Waals surface area contributed by atoms with Crippen LogP contribution in [0.25, 0.3) is 69.6 Å². The Bertz CT molecular complexity index is 2310. The van der Waals surface area contributed by atoms with Gasteiger partial charge in [0, 0.05) is 42.0 Å². The summed E-state index contributed by atoms with van der Waals surface area (Å²) in [7, 11) is 0. The number of thiophene rings is 1. The summed E-state index contributed by atoms with van der Waals surface area (Å²) in [5.74, 6) is 0. The molecule has 2 aromatic heterocycles. The zero-order valence-electron chi connectivity index (χ0n) is 21.8. The van der Waals surface area contributed by atoms with Crippen LogP contribution in [0.15, 0.2) is 115 Å². The number of fused-ring (bicyclic) bond motifs is 11. The van der Waals surface area contributed by atoms with Gasteiger partial charge in [0.2, 0.25) is 0 Å². The van der Waals surface area contributed by atoms with E-state index in [4.69, 9.17) is 0 Å². The first-order valence-electron chi connectivity index (χ1n) is 13.6. The van der Waals surface area contributed by atoms with Crippen LogP contribution >= 0.6 is 11.3 Å². The second-order valence-electron chi connectivity index (χ2n) is 11.4. The standard InChI is InChI=1S/C37H25NS/c1-37(2)30-12-6-3-11-26(30)36-27-21-28-24-9-4-7-13-32(24)38(33(28)19-22(27)15-17-31(36)37)23-16-18-35-29(20-23)25-10-5-8-14-34(25)39-35/h3-21H,1-2H3. The van der Waals surface area contributed by atoms with Crippen molar-refractivity contribution in [1.29, 1.82) is 0 Å². The highest BCUT2D eigenvalue weighted by Crippen LogP contribution is 2.52. The van der Waals surface area contributed by atoms with E-state index in [1.807, 2.05) is 11.3 Å². The van der Waals surface area contributed by atoms with Crippen molar-refractivity contribution >= 4 is 64.1 Å². The van der Waals surface area contributed by atoms with Gasteiger partial charge in [-0.3, -0.25) is 0 Å². The maximum absolute atomic E-state index is 2.46. The first kappa shape index (κ1) is 21.5. The molecule has 0 saturated carbocycles. The molecule has 1 aliphatic carbocycles. The van der Waals surface area contributed by atoms with Crippen LogP contribution in [0.3, 0.4) is 0 Å². The van der Waals surface area contributed by atoms with Crippen molar-refractivity contribution < 1.29 is 0 Å². The van der Waals surface area contributed by atoms with Gasteiger partial charge in [0.1, 0.15) is 0 Å². The summed E-state index contributed by atoms with van der Waals surface area (Å²) in [6.07, 6.45) is 0. The number of para-hydroxylation sites is 1. The minimum atomic E-state index is 0.00178. The smallest absolute Gasteiger partial charge is 0.0547 e. The predicted molar refractivity (Wildman–Crippen MR) is 169 cm³/mol. The zero-order chi connectivity index (χ0) is 25.9. The minimum absolute atomic E-state index is 0.00178. The van der Waals surface area contributed by atoms with E-state index in [2.05, 4.69) is 134 Å². The summed E-state index contributed by atoms with van der Waals surface area (Å²) in [5, 5.41) is 7.91. The van der Waals surface area contributed by atoms with E-state index in [-0.39, 0.29) is 5.41 Å². The first-order valence-corrected chi connectivity index (χ1v) is 14.4. The maximum atomic E-state index is 2.46. The van der Waals surface area contributed by atoms with E-state index in [0.717, 1.165) is 0 Å². The van der Waals surface area contributed by atoms with Crippen LogP contribution < -0.4 is 0 Å². The zero-order valence-corrected chi connectivity index (χ0v) is 22.6. The molecule has 8 aromatic rings. The lowest BCUT2D eigenvalue weighted by Gasteiger charge is -2.21. The topological polar surface area (TPSA) is 4.93 Å². The van der Waals surface area contributed by atoms with Gasteiger partial charge in [-0.15, -0.1) is 11.3 Å². The number of aromatic nitrogens is 1. The molecular formula is C37H25NS. The van der Waals surface area contributed by atoms with Gasteiger partial charge in [0.25, 0.3) is 0 Å². The van der Waals surface area contributed by atoms with Crippen molar-refractivity contribution in [3.05, 3.63) is 126 Å². The van der Waals surface area contributed by atoms with Crippen LogP contribution in [-0.4, -0.2) is 4.57 Å². The molecule has 0 N–H and O–H groups in total. The molecule has 184 valence electrons. The Labute approximate surface area is 230 Å². The summed E-state index contributed by atoms with van der Waals surface area (Å²) in [5.41, 5.74) is 9.35. The molecule has 0 fully saturated rings. The van der Waals surface area contributed by atoms with Crippen LogP contribution in [-0.2, 0) is 5.41 Å². The van der Waals surface area contributed by atoms with Crippen molar-refractivity contribution in [1.82, 2.24) is 4.57 Å². The van der Waals surface area contributed by atoms with Crippen molar-refractivity contribution in [3.8, 4) is 16.8 Å². The van der Waals surface area contributed by atoms with E-state index < -0.39 is 0 Å². The summed E-state index contributed by atoms with van der Waals surface area (Å²) in [6, 6.07) is 43.1. The Balaban J connectivity index is 1.39. The molecule has 0 radical (unpaired) electrons. The number of rotatable bonds is 1. The quantitative estimate of drug-likeness (QED) is 0.205. The molecule has 0 unspecified atom stereocenters. The number of nitrogens with zero attached hydrogens (tertiary/aromatic N) is 1. The van der Waals surface area contributed by atoms with Crippen LogP contribution in [0.2, 0.25) is 0 Å². The van der Waals surface area contributed by atoms with Gasteiger partial charge < -0.3 is 4.57 Å². The number of hydrogen-bond donors (Lipinski definition) is 0. The van der Waals surface area contributed by atoms with Crippen LogP contribution in [0, 0.1) is 0 Å². The summed E-state index contributed by atoms with van der Waals surface area (Å²) in [4.78, 5) is 0. The van der Waals surface area contributed by atoms with Gasteiger partial charge in [-0.05, 0) is 75.5 Å². The molecule has 39 heavy (non-hydrogen) atoms. The summed E-state index contributed by atoms with van der Waals surface area (Å²) >= 11 is 1.87. The third-order valence-electron chi connectivity index (χ3n) is 8.97. The molecule has 0 atom stereocenters. The van der Waals surface area contributed by atoms with Gasteiger partial charge in [0.05, 0.1) is 11.0 Å². The van der Waals surface area contributed by atoms with Crippen molar-refractivity contribution in [2.24, 2.45) is 0 Å². The second-order valence-corrected chi connectivity index (χ2v) is 12.5. The molecule has 0 bridgehead atoms. The van der Waals surface area contributed by atoms with Crippen molar-refractivity contribution in [2.75, 3.05) is 0 Å². The number of benzene rings is 6. The van der Waals surface area contributed by atoms with Crippen molar-refractivity contribution in [2.45, 2.75) is 19.3 Å². The predicted octanol–water partition coefficient (Wildman–Crippen LogP) is 10.6. The van der Waals surface area contributed by atoms with Crippen molar-refractivity contribution in [3.63, 3.8) is 0 Å². The van der Waals surface area contributed by atoms with Crippen LogP contribution in [0.1, 0.15) is 25.0 Å². The lowest BCUT2D eigenvalue weighted by atomic mass is 9.82. The monoisotopic (exact) mass is 515 g/mol. The lowest BCUT2D eigenvalue weighted by molar-refractivity contribution is 0.661. The number of hydrogen-bond acceptors (Lipinski definition) is 1. The molecule has 0 saturated heterocycles. The Morgan fingerprint density at radius 1 is 0.538 bits per heavy atom. The Hall–Kier alpha value is -4.40. The van der Waals surface area contributed by atoms with Crippen LogP contribution in [0.4, 0.5) is 0 Å². The highest BCUT2D eigenvalue weighted by atomic mass is 32.1. The third-order valence-corrected chi connectivity index (χ3v) is 10.1. The minimum Gasteiger partial charge on any atom is -0.309 e. The molecule has 1 nitrogen and oxygen atoms in total. The maximum Gasteiger partial charge on any atom is 0.0547 e. The fraction of sp³-hybridized carbons (Fsp3) is 0.0811. The SMILES string of the molecule is CC1(C)c2ccccc2-c2c1ccc1cc3c(cc21)c1ccccc1n3-c1ccc2sc3ccccc3c2c1. The molecule has 0 spiro atoms. The van der Waals surface area contributed by atoms with E-state index in [9.17, 15) is 0 Å². The summed E-state index contributed by atoms with van der Waals surface area (Å²) in [6.45, 7) is 4.72. The van der Waals surface area contributed by atoms with Gasteiger partial charge in [0.15, 0.2) is 0 Å². The summed E-state index contributed by atoms with van der Waals surface area (Å²) < 4.78 is 5.14. The third kappa shape index (κ3) is 2.74. The Kier molecular flexibility index (Phi) is 4.07. The van der Waals surface area contributed by atoms with Gasteiger partial charge in [-0.1, -0.05) is 86.6 Å². The Morgan fingerprint density at radius 2 is 1.31 bits per heavy atom. The molecule has 2 heteroatoms. The Morgan fingerprint density at radius 3 is 2.23 bits per heavy atom. The average molecular weight is 516 g/mol. The first-order chi connectivity index (χ1) is 19.1. The molecule has 0 amide bonds. The lowest BCUT2D eigenvalue weighted by Crippen LogP contribution is -2.14. The fourth-order valence-corrected chi connectivity index (χ4v) is 8.21. The molecule has 6 aromatic carbocycles. The average Bonchev–Trinajstić information content (AvgIpc) is 3.57. The molecular weight excluding hydrogens is 490 g/mol. The van der Waals surface area contributed by atoms with E-state index >= 15 is 0 Å². The molecule has 0 aliphatic heterocycles. The van der Waals surface area contributed by atoms with Crippen LogP contribution in [0.5, 0.6) is 0 Å². The van der Waals surface area contributed by atoms with E-state index in [0.29, 0.717) is 0 Å². The highest BCUT2D eigenvalue weighted by molar-refractivity contribution is 7.25. The van der Waals surface area contributed by atoms with E-state index in [1.165, 1.54) is 80.7 Å².